The molecule has 1 saturated carbocycles. The van der Waals surface area contributed by atoms with E-state index < -0.39 is 17.5 Å². The van der Waals surface area contributed by atoms with Crippen molar-refractivity contribution in [1.82, 2.24) is 10.2 Å². The Labute approximate surface area is 141 Å². The zero-order valence-corrected chi connectivity index (χ0v) is 14.0. The number of carbonyl (C=O) groups excluding carboxylic acids is 2. The largest absolute Gasteiger partial charge is 0.352 e. The molecule has 1 aliphatic rings. The zero-order chi connectivity index (χ0) is 17.5. The highest BCUT2D eigenvalue weighted by Gasteiger charge is 2.21. The van der Waals surface area contributed by atoms with Crippen molar-refractivity contribution in [3.63, 3.8) is 0 Å². The van der Waals surface area contributed by atoms with Gasteiger partial charge in [0.2, 0.25) is 5.91 Å². The number of nitrogens with zero attached hydrogens (tertiary/aromatic N) is 1. The summed E-state index contributed by atoms with van der Waals surface area (Å²) in [7, 11) is 1.84. The highest BCUT2D eigenvalue weighted by molar-refractivity contribution is 5.94. The van der Waals surface area contributed by atoms with Gasteiger partial charge in [-0.05, 0) is 31.4 Å². The van der Waals surface area contributed by atoms with Crippen LogP contribution in [0.1, 0.15) is 55.3 Å². The Morgan fingerprint density at radius 1 is 1.21 bits per heavy atom. The molecule has 0 radical (unpaired) electrons. The van der Waals surface area contributed by atoms with Crippen LogP contribution in [0.5, 0.6) is 0 Å². The van der Waals surface area contributed by atoms with Crippen LogP contribution in [0.15, 0.2) is 18.2 Å². The quantitative estimate of drug-likeness (QED) is 0.810. The lowest BCUT2D eigenvalue weighted by Crippen LogP contribution is -2.38. The van der Waals surface area contributed by atoms with Crippen molar-refractivity contribution in [2.24, 2.45) is 0 Å². The van der Waals surface area contributed by atoms with Gasteiger partial charge in [0.15, 0.2) is 0 Å². The number of rotatable bonds is 6. The van der Waals surface area contributed by atoms with Crippen molar-refractivity contribution < 1.29 is 18.4 Å². The summed E-state index contributed by atoms with van der Waals surface area (Å²) in [6, 6.07) is 3.16. The molecule has 24 heavy (non-hydrogen) atoms. The number of hydrogen-bond donors (Lipinski definition) is 1. The monoisotopic (exact) mass is 338 g/mol. The Morgan fingerprint density at radius 3 is 2.58 bits per heavy atom. The van der Waals surface area contributed by atoms with E-state index in [4.69, 9.17) is 0 Å². The van der Waals surface area contributed by atoms with Crippen molar-refractivity contribution in [2.75, 3.05) is 13.6 Å². The maximum atomic E-state index is 13.5. The maximum absolute atomic E-state index is 13.5. The number of carbonyl (C=O) groups is 2. The predicted molar refractivity (Wildman–Crippen MR) is 87.6 cm³/mol. The average Bonchev–Trinajstić information content (AvgIpc) is 2.58. The van der Waals surface area contributed by atoms with E-state index in [9.17, 15) is 18.4 Å². The second-order valence-corrected chi connectivity index (χ2v) is 6.28. The molecule has 1 aromatic rings. The third-order valence-corrected chi connectivity index (χ3v) is 4.54. The summed E-state index contributed by atoms with van der Waals surface area (Å²) >= 11 is 0. The molecule has 1 fully saturated rings. The number of benzene rings is 1. The van der Waals surface area contributed by atoms with Gasteiger partial charge in [-0.25, -0.2) is 8.78 Å². The van der Waals surface area contributed by atoms with Crippen molar-refractivity contribution in [3.8, 4) is 0 Å². The lowest BCUT2D eigenvalue weighted by molar-refractivity contribution is -0.132. The first-order valence-corrected chi connectivity index (χ1v) is 8.48. The van der Waals surface area contributed by atoms with Crippen molar-refractivity contribution in [3.05, 3.63) is 35.4 Å². The molecule has 2 rings (SSSR count). The van der Waals surface area contributed by atoms with Crippen molar-refractivity contribution in [1.29, 1.82) is 0 Å². The molecular formula is C18H24F2N2O2. The Balaban J connectivity index is 1.71. The number of hydrogen-bond acceptors (Lipinski definition) is 2. The molecule has 1 N–H and O–H groups in total. The van der Waals surface area contributed by atoms with Gasteiger partial charge in [-0.2, -0.15) is 0 Å². The molecule has 0 atom stereocenters. The fourth-order valence-electron chi connectivity index (χ4n) is 3.06. The fourth-order valence-corrected chi connectivity index (χ4v) is 3.06. The molecule has 132 valence electrons. The second-order valence-electron chi connectivity index (χ2n) is 6.28. The SMILES string of the molecule is CN(C(=O)CCCNC(=O)c1ccc(F)cc1F)C1CCCCC1. The molecule has 1 aromatic carbocycles. The van der Waals surface area contributed by atoms with Crippen LogP contribution < -0.4 is 5.32 Å². The Bertz CT molecular complexity index is 586. The molecule has 6 heteroatoms. The summed E-state index contributed by atoms with van der Waals surface area (Å²) in [5.74, 6) is -2.13. The van der Waals surface area contributed by atoms with Gasteiger partial charge in [0.25, 0.3) is 5.91 Å². The minimum atomic E-state index is -0.888. The summed E-state index contributed by atoms with van der Waals surface area (Å²) in [6.07, 6.45) is 6.53. The topological polar surface area (TPSA) is 49.4 Å². The van der Waals surface area contributed by atoms with Crippen LogP contribution in [0, 0.1) is 11.6 Å². The van der Waals surface area contributed by atoms with Gasteiger partial charge >= 0.3 is 0 Å². The second kappa shape index (κ2) is 8.76. The van der Waals surface area contributed by atoms with E-state index in [-0.39, 0.29) is 18.0 Å². The van der Waals surface area contributed by atoms with Crippen LogP contribution in [0.3, 0.4) is 0 Å². The zero-order valence-electron chi connectivity index (χ0n) is 14.0. The minimum Gasteiger partial charge on any atom is -0.352 e. The Morgan fingerprint density at radius 2 is 1.92 bits per heavy atom. The van der Waals surface area contributed by atoms with Gasteiger partial charge in [-0.3, -0.25) is 9.59 Å². The van der Waals surface area contributed by atoms with E-state index in [0.29, 0.717) is 24.9 Å². The predicted octanol–water partition coefficient (Wildman–Crippen LogP) is 3.27. The highest BCUT2D eigenvalue weighted by Crippen LogP contribution is 2.22. The minimum absolute atomic E-state index is 0.0733. The van der Waals surface area contributed by atoms with Gasteiger partial charge in [0.1, 0.15) is 11.6 Å². The molecule has 0 aromatic heterocycles. The highest BCUT2D eigenvalue weighted by atomic mass is 19.1. The van der Waals surface area contributed by atoms with E-state index in [0.717, 1.165) is 25.0 Å². The Kier molecular flexibility index (Phi) is 6.70. The first-order chi connectivity index (χ1) is 11.5. The van der Waals surface area contributed by atoms with Gasteiger partial charge in [-0.1, -0.05) is 19.3 Å². The molecule has 0 spiro atoms. The third-order valence-electron chi connectivity index (χ3n) is 4.54. The lowest BCUT2D eigenvalue weighted by Gasteiger charge is -2.31. The molecule has 2 amide bonds. The van der Waals surface area contributed by atoms with Crippen molar-refractivity contribution in [2.45, 2.75) is 51.0 Å². The van der Waals surface area contributed by atoms with Crippen LogP contribution in [0.2, 0.25) is 0 Å². The van der Waals surface area contributed by atoms with Gasteiger partial charge in [0.05, 0.1) is 5.56 Å². The molecule has 0 bridgehead atoms. The van der Waals surface area contributed by atoms with E-state index in [1.807, 2.05) is 11.9 Å². The fraction of sp³-hybridized carbons (Fsp3) is 0.556. The van der Waals surface area contributed by atoms with E-state index in [2.05, 4.69) is 5.32 Å². The molecule has 1 aliphatic carbocycles. The Hall–Kier alpha value is -1.98. The normalized spacial score (nSPS) is 15.1. The van der Waals surface area contributed by atoms with E-state index in [1.54, 1.807) is 0 Å². The van der Waals surface area contributed by atoms with Crippen LogP contribution >= 0.6 is 0 Å². The molecule has 0 heterocycles. The van der Waals surface area contributed by atoms with Crippen LogP contribution in [0.25, 0.3) is 0 Å². The van der Waals surface area contributed by atoms with E-state index in [1.165, 1.54) is 19.3 Å². The van der Waals surface area contributed by atoms with Crippen LogP contribution in [-0.4, -0.2) is 36.3 Å². The number of halogens is 2. The summed E-state index contributed by atoms with van der Waals surface area (Å²) in [5.41, 5.74) is -0.193. The molecule has 0 unspecified atom stereocenters. The first-order valence-electron chi connectivity index (χ1n) is 8.48. The summed E-state index contributed by atoms with van der Waals surface area (Å²) in [5, 5.41) is 2.56. The van der Waals surface area contributed by atoms with Gasteiger partial charge < -0.3 is 10.2 Å². The van der Waals surface area contributed by atoms with Gasteiger partial charge in [0, 0.05) is 32.1 Å². The van der Waals surface area contributed by atoms with E-state index >= 15 is 0 Å². The average molecular weight is 338 g/mol. The summed E-state index contributed by atoms with van der Waals surface area (Å²) < 4.78 is 26.3. The van der Waals surface area contributed by atoms with Crippen LogP contribution in [0.4, 0.5) is 8.78 Å². The van der Waals surface area contributed by atoms with Crippen molar-refractivity contribution >= 4 is 11.8 Å². The maximum Gasteiger partial charge on any atom is 0.254 e. The van der Waals surface area contributed by atoms with Crippen LogP contribution in [-0.2, 0) is 4.79 Å². The molecule has 0 aliphatic heterocycles. The molecule has 4 nitrogen and oxygen atoms in total. The summed E-state index contributed by atoms with van der Waals surface area (Å²) in [4.78, 5) is 25.8. The molecule has 0 saturated heterocycles. The number of nitrogens with one attached hydrogen (secondary N) is 1. The summed E-state index contributed by atoms with van der Waals surface area (Å²) in [6.45, 7) is 0.278. The number of amides is 2. The van der Waals surface area contributed by atoms with Gasteiger partial charge in [-0.15, -0.1) is 0 Å². The standard InChI is InChI=1S/C18H24F2N2O2/c1-22(14-6-3-2-4-7-14)17(23)8-5-11-21-18(24)15-10-9-13(19)12-16(15)20/h9-10,12,14H,2-8,11H2,1H3,(H,21,24). The molecular weight excluding hydrogens is 314 g/mol. The third kappa shape index (κ3) is 5.01. The smallest absolute Gasteiger partial charge is 0.254 e. The lowest BCUT2D eigenvalue weighted by atomic mass is 9.94. The first kappa shape index (κ1) is 18.4.